The zero-order chi connectivity index (χ0) is 13.5. The van der Waals surface area contributed by atoms with Gasteiger partial charge in [-0.1, -0.05) is 0 Å². The third kappa shape index (κ3) is 4.22. The van der Waals surface area contributed by atoms with Crippen molar-refractivity contribution in [2.24, 2.45) is 0 Å². The molecule has 104 valence electrons. The van der Waals surface area contributed by atoms with Crippen LogP contribution in [0.5, 0.6) is 0 Å². The quantitative estimate of drug-likeness (QED) is 0.788. The zero-order valence-electron chi connectivity index (χ0n) is 10.8. The van der Waals surface area contributed by atoms with E-state index < -0.39 is 0 Å². The molecule has 2 N–H and O–H groups in total. The van der Waals surface area contributed by atoms with Crippen LogP contribution in [0.1, 0.15) is 23.2 Å². The van der Waals surface area contributed by atoms with Crippen molar-refractivity contribution in [3.8, 4) is 0 Å². The number of carbonyl (C=O) groups excluding carboxylic acids is 1. The van der Waals surface area contributed by atoms with Gasteiger partial charge in [-0.2, -0.15) is 0 Å². The van der Waals surface area contributed by atoms with E-state index >= 15 is 0 Å². The maximum Gasteiger partial charge on any atom is 0.338 e. The number of esters is 1. The third-order valence-electron chi connectivity index (χ3n) is 3.00. The van der Waals surface area contributed by atoms with Gasteiger partial charge in [0.1, 0.15) is 6.10 Å². The summed E-state index contributed by atoms with van der Waals surface area (Å²) in [6, 6.07) is 7.05. The van der Waals surface area contributed by atoms with Gasteiger partial charge in [-0.25, -0.2) is 4.79 Å². The second kappa shape index (κ2) is 7.11. The molecule has 0 saturated carbocycles. The second-order valence-corrected chi connectivity index (χ2v) is 4.44. The highest BCUT2D eigenvalue weighted by Gasteiger charge is 2.18. The predicted octanol–water partition coefficient (Wildman–Crippen LogP) is 1.43. The summed E-state index contributed by atoms with van der Waals surface area (Å²) in [5, 5.41) is 11.7. The molecule has 1 heterocycles. The normalized spacial score (nSPS) is 16.1. The average molecular weight is 265 g/mol. The Balaban J connectivity index is 1.87. The molecule has 0 amide bonds. The summed E-state index contributed by atoms with van der Waals surface area (Å²) in [4.78, 5) is 11.9. The monoisotopic (exact) mass is 265 g/mol. The van der Waals surface area contributed by atoms with Gasteiger partial charge < -0.3 is 19.9 Å². The number of anilines is 1. The Morgan fingerprint density at radius 3 is 2.63 bits per heavy atom. The molecule has 0 aromatic heterocycles. The van der Waals surface area contributed by atoms with Crippen LogP contribution >= 0.6 is 0 Å². The van der Waals surface area contributed by atoms with E-state index in [-0.39, 0.29) is 18.7 Å². The smallest absolute Gasteiger partial charge is 0.338 e. The van der Waals surface area contributed by atoms with Crippen LogP contribution in [0, 0.1) is 0 Å². The lowest BCUT2D eigenvalue weighted by molar-refractivity contribution is -0.0159. The number of hydrogen-bond acceptors (Lipinski definition) is 5. The van der Waals surface area contributed by atoms with Crippen molar-refractivity contribution in [3.05, 3.63) is 29.8 Å². The minimum absolute atomic E-state index is 0.0339. The minimum atomic E-state index is -0.291. The van der Waals surface area contributed by atoms with Crippen LogP contribution in [-0.4, -0.2) is 43.5 Å². The fraction of sp³-hybridized carbons (Fsp3) is 0.500. The number of hydrogen-bond donors (Lipinski definition) is 2. The van der Waals surface area contributed by atoms with Crippen LogP contribution in [0.3, 0.4) is 0 Å². The Kier molecular flexibility index (Phi) is 5.18. The van der Waals surface area contributed by atoms with E-state index in [9.17, 15) is 4.79 Å². The summed E-state index contributed by atoms with van der Waals surface area (Å²) in [5.41, 5.74) is 1.41. The van der Waals surface area contributed by atoms with Crippen LogP contribution in [0.25, 0.3) is 0 Å². The highest BCUT2D eigenvalue weighted by atomic mass is 16.6. The number of benzene rings is 1. The molecule has 0 atom stereocenters. The maximum absolute atomic E-state index is 11.9. The molecule has 0 spiro atoms. The van der Waals surface area contributed by atoms with Crippen LogP contribution in [0.2, 0.25) is 0 Å². The molecule has 0 aliphatic carbocycles. The highest BCUT2D eigenvalue weighted by molar-refractivity contribution is 5.89. The topological polar surface area (TPSA) is 67.8 Å². The molecular weight excluding hydrogens is 246 g/mol. The molecule has 1 fully saturated rings. The van der Waals surface area contributed by atoms with Crippen molar-refractivity contribution < 1.29 is 19.4 Å². The van der Waals surface area contributed by atoms with Crippen molar-refractivity contribution >= 4 is 11.7 Å². The van der Waals surface area contributed by atoms with Gasteiger partial charge in [-0.15, -0.1) is 0 Å². The summed E-state index contributed by atoms with van der Waals surface area (Å²) in [5.74, 6) is -0.291. The van der Waals surface area contributed by atoms with Gasteiger partial charge >= 0.3 is 5.97 Å². The summed E-state index contributed by atoms with van der Waals surface area (Å²) in [6.07, 6.45) is 1.50. The molecule has 19 heavy (non-hydrogen) atoms. The fourth-order valence-corrected chi connectivity index (χ4v) is 1.94. The predicted molar refractivity (Wildman–Crippen MR) is 71.3 cm³/mol. The summed E-state index contributed by atoms with van der Waals surface area (Å²) in [6.45, 7) is 1.88. The van der Waals surface area contributed by atoms with Crippen LogP contribution in [-0.2, 0) is 9.47 Å². The number of rotatable bonds is 5. The van der Waals surface area contributed by atoms with E-state index in [1.165, 1.54) is 0 Å². The van der Waals surface area contributed by atoms with Crippen LogP contribution in [0.4, 0.5) is 5.69 Å². The third-order valence-corrected chi connectivity index (χ3v) is 3.00. The summed E-state index contributed by atoms with van der Waals surface area (Å²) in [7, 11) is 0. The Labute approximate surface area is 112 Å². The van der Waals surface area contributed by atoms with Gasteiger partial charge in [0.2, 0.25) is 0 Å². The van der Waals surface area contributed by atoms with Crippen molar-refractivity contribution in [2.75, 3.05) is 31.7 Å². The Morgan fingerprint density at radius 1 is 1.32 bits per heavy atom. The van der Waals surface area contributed by atoms with Crippen LogP contribution in [0.15, 0.2) is 24.3 Å². The molecule has 1 aliphatic heterocycles. The van der Waals surface area contributed by atoms with E-state index in [0.29, 0.717) is 25.3 Å². The van der Waals surface area contributed by atoms with E-state index in [2.05, 4.69) is 5.32 Å². The fourth-order valence-electron chi connectivity index (χ4n) is 1.94. The van der Waals surface area contributed by atoms with Gasteiger partial charge in [0.05, 0.1) is 25.4 Å². The SMILES string of the molecule is O=C(OC1CCOCC1)c1ccc(NCCO)cc1. The molecule has 1 aromatic carbocycles. The Morgan fingerprint density at radius 2 is 2.00 bits per heavy atom. The van der Waals surface area contributed by atoms with Gasteiger partial charge in [-0.05, 0) is 24.3 Å². The first kappa shape index (κ1) is 13.8. The molecular formula is C14H19NO4. The molecule has 2 rings (SSSR count). The Hall–Kier alpha value is -1.59. The maximum atomic E-state index is 11.9. The number of aliphatic hydroxyl groups is 1. The minimum Gasteiger partial charge on any atom is -0.459 e. The lowest BCUT2D eigenvalue weighted by Gasteiger charge is -2.22. The molecule has 1 saturated heterocycles. The van der Waals surface area contributed by atoms with Gasteiger partial charge in [0, 0.05) is 25.1 Å². The van der Waals surface area contributed by atoms with Crippen molar-refractivity contribution in [1.82, 2.24) is 0 Å². The van der Waals surface area contributed by atoms with Crippen molar-refractivity contribution in [1.29, 1.82) is 0 Å². The standard InChI is InChI=1S/C14H19NO4/c16-8-7-15-12-3-1-11(2-4-12)14(17)19-13-5-9-18-10-6-13/h1-4,13,15-16H,5-10H2. The largest absolute Gasteiger partial charge is 0.459 e. The van der Waals surface area contributed by atoms with E-state index in [1.807, 2.05) is 0 Å². The molecule has 5 heteroatoms. The number of aliphatic hydroxyl groups excluding tert-OH is 1. The molecule has 0 radical (unpaired) electrons. The van der Waals surface area contributed by atoms with E-state index in [1.54, 1.807) is 24.3 Å². The van der Waals surface area contributed by atoms with Crippen molar-refractivity contribution in [3.63, 3.8) is 0 Å². The lowest BCUT2D eigenvalue weighted by atomic mass is 10.1. The first-order valence-electron chi connectivity index (χ1n) is 6.53. The molecule has 1 aromatic rings. The van der Waals surface area contributed by atoms with Crippen molar-refractivity contribution in [2.45, 2.75) is 18.9 Å². The average Bonchev–Trinajstić information content (AvgIpc) is 2.46. The summed E-state index contributed by atoms with van der Waals surface area (Å²) < 4.78 is 10.6. The van der Waals surface area contributed by atoms with E-state index in [4.69, 9.17) is 14.6 Å². The van der Waals surface area contributed by atoms with Gasteiger partial charge in [0.25, 0.3) is 0 Å². The highest BCUT2D eigenvalue weighted by Crippen LogP contribution is 2.15. The number of nitrogens with one attached hydrogen (secondary N) is 1. The molecule has 0 unspecified atom stereocenters. The zero-order valence-corrected chi connectivity index (χ0v) is 10.8. The molecule has 5 nitrogen and oxygen atoms in total. The second-order valence-electron chi connectivity index (χ2n) is 4.44. The Bertz CT molecular complexity index is 398. The molecule has 0 bridgehead atoms. The van der Waals surface area contributed by atoms with E-state index in [0.717, 1.165) is 18.5 Å². The first-order chi connectivity index (χ1) is 9.29. The lowest BCUT2D eigenvalue weighted by Crippen LogP contribution is -2.26. The first-order valence-corrected chi connectivity index (χ1v) is 6.53. The number of ether oxygens (including phenoxy) is 2. The number of carbonyl (C=O) groups is 1. The molecule has 1 aliphatic rings. The van der Waals surface area contributed by atoms with Crippen LogP contribution < -0.4 is 5.32 Å². The van der Waals surface area contributed by atoms with Gasteiger partial charge in [-0.3, -0.25) is 0 Å². The van der Waals surface area contributed by atoms with Gasteiger partial charge in [0.15, 0.2) is 0 Å². The summed E-state index contributed by atoms with van der Waals surface area (Å²) >= 11 is 0.